The number of hydrogen-bond acceptors (Lipinski definition) is 5. The van der Waals surface area contributed by atoms with Crippen LogP contribution in [0.4, 0.5) is 17.5 Å². The van der Waals surface area contributed by atoms with Crippen molar-refractivity contribution in [2.45, 2.75) is 0 Å². The summed E-state index contributed by atoms with van der Waals surface area (Å²) in [5.41, 5.74) is 0.810. The molecule has 1 saturated heterocycles. The molecule has 2 heterocycles. The van der Waals surface area contributed by atoms with Gasteiger partial charge in [-0.05, 0) is 31.3 Å². The molecule has 1 fully saturated rings. The van der Waals surface area contributed by atoms with Crippen molar-refractivity contribution < 1.29 is 0 Å². The molecule has 0 radical (unpaired) electrons. The lowest BCUT2D eigenvalue weighted by molar-refractivity contribution is 0.312. The van der Waals surface area contributed by atoms with Gasteiger partial charge < -0.3 is 15.1 Å². The fourth-order valence-electron chi connectivity index (χ4n) is 2.32. The topological polar surface area (TPSA) is 44.3 Å². The van der Waals surface area contributed by atoms with E-state index in [-0.39, 0.29) is 0 Å². The largest absolute Gasteiger partial charge is 0.354 e. The molecule has 0 saturated carbocycles. The maximum absolute atomic E-state index is 6.02. The molecule has 116 valence electrons. The summed E-state index contributed by atoms with van der Waals surface area (Å²) in [6.45, 7) is 4.03. The zero-order valence-electron chi connectivity index (χ0n) is 12.3. The second-order valence-electron chi connectivity index (χ2n) is 5.28. The van der Waals surface area contributed by atoms with E-state index in [0.29, 0.717) is 16.0 Å². The Morgan fingerprint density at radius 2 is 1.82 bits per heavy atom. The molecule has 3 rings (SSSR count). The van der Waals surface area contributed by atoms with E-state index in [9.17, 15) is 0 Å². The minimum absolute atomic E-state index is 0.502. The first-order valence-corrected chi connectivity index (χ1v) is 7.86. The fraction of sp³-hybridized carbons (Fsp3) is 0.333. The van der Waals surface area contributed by atoms with Gasteiger partial charge in [0.05, 0.1) is 10.0 Å². The predicted molar refractivity (Wildman–Crippen MR) is 91.5 cm³/mol. The van der Waals surface area contributed by atoms with Crippen LogP contribution in [0.15, 0.2) is 30.5 Å². The third-order valence-electron chi connectivity index (χ3n) is 3.64. The predicted octanol–water partition coefficient (Wildman–Crippen LogP) is 3.28. The van der Waals surface area contributed by atoms with Gasteiger partial charge in [-0.1, -0.05) is 23.2 Å². The maximum atomic E-state index is 6.02. The number of piperazine rings is 1. The fourth-order valence-corrected chi connectivity index (χ4v) is 2.62. The first-order valence-electron chi connectivity index (χ1n) is 7.10. The Morgan fingerprint density at radius 3 is 2.55 bits per heavy atom. The smallest absolute Gasteiger partial charge is 0.229 e. The summed E-state index contributed by atoms with van der Waals surface area (Å²) < 4.78 is 0. The highest BCUT2D eigenvalue weighted by molar-refractivity contribution is 6.42. The Hall–Kier alpha value is -1.56. The van der Waals surface area contributed by atoms with Crippen molar-refractivity contribution in [1.82, 2.24) is 14.9 Å². The summed E-state index contributed by atoms with van der Waals surface area (Å²) in [7, 11) is 2.13. The van der Waals surface area contributed by atoms with Crippen LogP contribution in [-0.2, 0) is 0 Å². The third kappa shape index (κ3) is 3.61. The van der Waals surface area contributed by atoms with Crippen molar-refractivity contribution >= 4 is 40.7 Å². The molecule has 1 aliphatic rings. The number of aromatic nitrogens is 2. The Bertz CT molecular complexity index is 656. The molecule has 1 aromatic heterocycles. The lowest BCUT2D eigenvalue weighted by Crippen LogP contribution is -2.44. The standard InChI is InChI=1S/C15H17Cl2N5/c1-21-6-8-22(9-7-21)14-4-5-18-15(20-14)19-11-2-3-12(16)13(17)10-11/h2-5,10H,6-9H2,1H3,(H,18,19,20). The molecular weight excluding hydrogens is 321 g/mol. The number of halogens is 2. The average molecular weight is 338 g/mol. The van der Waals surface area contributed by atoms with E-state index < -0.39 is 0 Å². The number of anilines is 3. The first-order chi connectivity index (χ1) is 10.6. The van der Waals surface area contributed by atoms with E-state index in [4.69, 9.17) is 23.2 Å². The monoisotopic (exact) mass is 337 g/mol. The Kier molecular flexibility index (Phi) is 4.66. The normalized spacial score (nSPS) is 15.9. The molecule has 5 nitrogen and oxygen atoms in total. The number of nitrogens with one attached hydrogen (secondary N) is 1. The maximum Gasteiger partial charge on any atom is 0.229 e. The van der Waals surface area contributed by atoms with Crippen molar-refractivity contribution in [3.63, 3.8) is 0 Å². The number of hydrogen-bond donors (Lipinski definition) is 1. The third-order valence-corrected chi connectivity index (χ3v) is 4.38. The molecule has 0 bridgehead atoms. The van der Waals surface area contributed by atoms with Crippen molar-refractivity contribution in [3.8, 4) is 0 Å². The minimum Gasteiger partial charge on any atom is -0.354 e. The van der Waals surface area contributed by atoms with Gasteiger partial charge >= 0.3 is 0 Å². The SMILES string of the molecule is CN1CCN(c2ccnc(Nc3ccc(Cl)c(Cl)c3)n2)CC1. The van der Waals surface area contributed by atoms with Crippen molar-refractivity contribution in [2.24, 2.45) is 0 Å². The van der Waals surface area contributed by atoms with Crippen LogP contribution in [0.1, 0.15) is 0 Å². The first kappa shape index (κ1) is 15.3. The van der Waals surface area contributed by atoms with Gasteiger partial charge in [0.2, 0.25) is 5.95 Å². The van der Waals surface area contributed by atoms with Gasteiger partial charge in [-0.3, -0.25) is 0 Å². The van der Waals surface area contributed by atoms with E-state index in [2.05, 4.69) is 32.1 Å². The van der Waals surface area contributed by atoms with E-state index in [1.807, 2.05) is 12.1 Å². The highest BCUT2D eigenvalue weighted by Gasteiger charge is 2.15. The summed E-state index contributed by atoms with van der Waals surface area (Å²) in [6.07, 6.45) is 1.76. The Balaban J connectivity index is 1.74. The summed E-state index contributed by atoms with van der Waals surface area (Å²) in [6, 6.07) is 7.29. The van der Waals surface area contributed by atoms with Crippen molar-refractivity contribution in [3.05, 3.63) is 40.5 Å². The molecule has 0 atom stereocenters. The Labute approximate surface area is 139 Å². The second-order valence-corrected chi connectivity index (χ2v) is 6.10. The van der Waals surface area contributed by atoms with Crippen molar-refractivity contribution in [1.29, 1.82) is 0 Å². The molecule has 1 N–H and O–H groups in total. The van der Waals surface area contributed by atoms with Crippen LogP contribution >= 0.6 is 23.2 Å². The molecule has 0 unspecified atom stereocenters. The van der Waals surface area contributed by atoms with Crippen LogP contribution in [-0.4, -0.2) is 48.1 Å². The van der Waals surface area contributed by atoms with E-state index >= 15 is 0 Å². The summed E-state index contributed by atoms with van der Waals surface area (Å²) in [5, 5.41) is 4.19. The molecule has 1 aliphatic heterocycles. The molecule has 0 spiro atoms. The number of likely N-dealkylation sites (N-methyl/N-ethyl adjacent to an activating group) is 1. The van der Waals surface area contributed by atoms with Crippen LogP contribution in [0, 0.1) is 0 Å². The summed E-state index contributed by atoms with van der Waals surface area (Å²) in [4.78, 5) is 13.4. The number of rotatable bonds is 3. The average Bonchev–Trinajstić information content (AvgIpc) is 2.52. The van der Waals surface area contributed by atoms with E-state index in [1.54, 1.807) is 18.3 Å². The second kappa shape index (κ2) is 6.69. The Morgan fingerprint density at radius 1 is 1.05 bits per heavy atom. The van der Waals surface area contributed by atoms with E-state index in [1.165, 1.54) is 0 Å². The van der Waals surface area contributed by atoms with Gasteiger partial charge in [0.25, 0.3) is 0 Å². The van der Waals surface area contributed by atoms with Gasteiger partial charge in [-0.15, -0.1) is 0 Å². The molecule has 7 heteroatoms. The van der Waals surface area contributed by atoms with Gasteiger partial charge in [-0.25, -0.2) is 4.98 Å². The summed E-state index contributed by atoms with van der Waals surface area (Å²) in [5.74, 6) is 1.49. The van der Waals surface area contributed by atoms with Gasteiger partial charge in [0, 0.05) is 38.1 Å². The van der Waals surface area contributed by atoms with Crippen LogP contribution in [0.5, 0.6) is 0 Å². The van der Waals surface area contributed by atoms with Crippen LogP contribution < -0.4 is 10.2 Å². The highest BCUT2D eigenvalue weighted by atomic mass is 35.5. The molecule has 0 amide bonds. The van der Waals surface area contributed by atoms with Crippen molar-refractivity contribution in [2.75, 3.05) is 43.4 Å². The van der Waals surface area contributed by atoms with Crippen LogP contribution in [0.25, 0.3) is 0 Å². The summed E-state index contributed by atoms with van der Waals surface area (Å²) >= 11 is 11.9. The van der Waals surface area contributed by atoms with Crippen LogP contribution in [0.2, 0.25) is 10.0 Å². The lowest BCUT2D eigenvalue weighted by Gasteiger charge is -2.33. The van der Waals surface area contributed by atoms with Gasteiger partial charge in [0.1, 0.15) is 5.82 Å². The van der Waals surface area contributed by atoms with Crippen LogP contribution in [0.3, 0.4) is 0 Å². The lowest BCUT2D eigenvalue weighted by atomic mass is 10.3. The van der Waals surface area contributed by atoms with E-state index in [0.717, 1.165) is 37.7 Å². The molecule has 0 aliphatic carbocycles. The molecule has 1 aromatic carbocycles. The molecule has 2 aromatic rings. The van der Waals surface area contributed by atoms with Gasteiger partial charge in [-0.2, -0.15) is 4.98 Å². The quantitative estimate of drug-likeness (QED) is 0.931. The highest BCUT2D eigenvalue weighted by Crippen LogP contribution is 2.26. The minimum atomic E-state index is 0.502. The van der Waals surface area contributed by atoms with Gasteiger partial charge in [0.15, 0.2) is 0 Å². The zero-order valence-corrected chi connectivity index (χ0v) is 13.8. The molecule has 22 heavy (non-hydrogen) atoms. The zero-order chi connectivity index (χ0) is 15.5. The number of nitrogens with zero attached hydrogens (tertiary/aromatic N) is 4. The number of benzene rings is 1. The molecular formula is C15H17Cl2N5.